The van der Waals surface area contributed by atoms with E-state index in [-0.39, 0.29) is 6.04 Å². The Balaban J connectivity index is 1.65. The lowest BCUT2D eigenvalue weighted by Gasteiger charge is -2.15. The van der Waals surface area contributed by atoms with E-state index in [2.05, 4.69) is 22.4 Å². The standard InChI is InChI=1S/C20H27N3O4S/c1-4-5-7-15-14(13(3)27-23-15)10-11-18-21-12(2)19(28-18)26-20(25)22-16-8-6-9-17(16)24/h10-11,16-17,24H,4-9H2,1-3H3,(H,22,25)/b11-10+/t16-,17-/m0/s1. The molecule has 0 spiro atoms. The highest BCUT2D eigenvalue weighted by Crippen LogP contribution is 2.29. The Labute approximate surface area is 168 Å². The van der Waals surface area contributed by atoms with E-state index in [1.165, 1.54) is 11.3 Å². The summed E-state index contributed by atoms with van der Waals surface area (Å²) >= 11 is 1.30. The van der Waals surface area contributed by atoms with Crippen LogP contribution in [0.3, 0.4) is 0 Å². The first-order valence-corrected chi connectivity index (χ1v) is 10.6. The largest absolute Gasteiger partial charge is 0.413 e. The number of rotatable bonds is 7. The summed E-state index contributed by atoms with van der Waals surface area (Å²) in [6.45, 7) is 5.84. The van der Waals surface area contributed by atoms with Gasteiger partial charge in [-0.05, 0) is 58.1 Å². The van der Waals surface area contributed by atoms with Crippen molar-refractivity contribution in [2.45, 2.75) is 71.4 Å². The van der Waals surface area contributed by atoms with E-state index in [1.54, 1.807) is 6.92 Å². The van der Waals surface area contributed by atoms with Gasteiger partial charge in [0.25, 0.3) is 0 Å². The third-order valence-corrected chi connectivity index (χ3v) is 5.88. The number of carbonyl (C=O) groups is 1. The molecule has 0 radical (unpaired) electrons. The molecule has 2 atom stereocenters. The molecule has 2 heterocycles. The van der Waals surface area contributed by atoms with Crippen LogP contribution in [-0.2, 0) is 6.42 Å². The van der Waals surface area contributed by atoms with E-state index in [9.17, 15) is 9.90 Å². The van der Waals surface area contributed by atoms with Gasteiger partial charge in [0.15, 0.2) is 0 Å². The van der Waals surface area contributed by atoms with Crippen molar-refractivity contribution in [3.63, 3.8) is 0 Å². The lowest BCUT2D eigenvalue weighted by atomic mass is 10.1. The molecule has 1 aliphatic rings. The normalized spacial score (nSPS) is 19.4. The summed E-state index contributed by atoms with van der Waals surface area (Å²) in [5, 5.41) is 17.9. The molecule has 1 fully saturated rings. The van der Waals surface area contributed by atoms with Crippen LogP contribution in [0.1, 0.15) is 66.7 Å². The zero-order valence-corrected chi connectivity index (χ0v) is 17.3. The number of carbonyl (C=O) groups excluding carboxylic acids is 1. The second kappa shape index (κ2) is 9.34. The molecule has 3 rings (SSSR count). The number of unbranched alkanes of at least 4 members (excludes halogenated alkanes) is 1. The number of hydrogen-bond acceptors (Lipinski definition) is 7. The molecule has 8 heteroatoms. The van der Waals surface area contributed by atoms with Crippen LogP contribution < -0.4 is 10.1 Å². The summed E-state index contributed by atoms with van der Waals surface area (Å²) in [5.41, 5.74) is 2.59. The summed E-state index contributed by atoms with van der Waals surface area (Å²) < 4.78 is 10.7. The van der Waals surface area contributed by atoms with Gasteiger partial charge in [-0.3, -0.25) is 0 Å². The van der Waals surface area contributed by atoms with Crippen molar-refractivity contribution >= 4 is 29.6 Å². The predicted molar refractivity (Wildman–Crippen MR) is 108 cm³/mol. The van der Waals surface area contributed by atoms with Crippen LogP contribution in [0.25, 0.3) is 12.2 Å². The fourth-order valence-corrected chi connectivity index (χ4v) is 4.08. The third-order valence-electron chi connectivity index (χ3n) is 4.88. The quantitative estimate of drug-likeness (QED) is 0.714. The van der Waals surface area contributed by atoms with Gasteiger partial charge < -0.3 is 19.7 Å². The predicted octanol–water partition coefficient (Wildman–Crippen LogP) is 4.26. The van der Waals surface area contributed by atoms with Crippen LogP contribution in [0.2, 0.25) is 0 Å². The number of amides is 1. The van der Waals surface area contributed by atoms with Gasteiger partial charge in [0.1, 0.15) is 10.8 Å². The van der Waals surface area contributed by atoms with Gasteiger partial charge in [0.2, 0.25) is 5.06 Å². The first-order chi connectivity index (χ1) is 13.5. The molecule has 152 valence electrons. The maximum Gasteiger partial charge on any atom is 0.413 e. The van der Waals surface area contributed by atoms with E-state index < -0.39 is 12.2 Å². The Morgan fingerprint density at radius 1 is 1.39 bits per heavy atom. The summed E-state index contributed by atoms with van der Waals surface area (Å²) in [7, 11) is 0. The lowest BCUT2D eigenvalue weighted by Crippen LogP contribution is -2.41. The Morgan fingerprint density at radius 2 is 2.21 bits per heavy atom. The summed E-state index contributed by atoms with van der Waals surface area (Å²) in [4.78, 5) is 16.6. The third kappa shape index (κ3) is 4.99. The average molecular weight is 406 g/mol. The molecule has 28 heavy (non-hydrogen) atoms. The first-order valence-electron chi connectivity index (χ1n) is 9.75. The van der Waals surface area contributed by atoms with Crippen LogP contribution in [-0.4, -0.2) is 33.5 Å². The number of thiazole rings is 1. The Bertz CT molecular complexity index is 843. The molecule has 2 aromatic rings. The van der Waals surface area contributed by atoms with Gasteiger partial charge in [-0.2, -0.15) is 0 Å². The van der Waals surface area contributed by atoms with Gasteiger partial charge in [0, 0.05) is 5.56 Å². The van der Waals surface area contributed by atoms with Crippen LogP contribution in [0.4, 0.5) is 4.79 Å². The van der Waals surface area contributed by atoms with Crippen molar-refractivity contribution < 1.29 is 19.2 Å². The highest BCUT2D eigenvalue weighted by molar-refractivity contribution is 7.14. The number of hydrogen-bond donors (Lipinski definition) is 2. The first kappa shape index (κ1) is 20.5. The second-order valence-electron chi connectivity index (χ2n) is 7.10. The Kier molecular flexibility index (Phi) is 6.85. The van der Waals surface area contributed by atoms with Gasteiger partial charge in [-0.15, -0.1) is 0 Å². The molecule has 1 amide bonds. The topological polar surface area (TPSA) is 97.5 Å². The molecule has 2 N–H and O–H groups in total. The fraction of sp³-hybridized carbons (Fsp3) is 0.550. The van der Waals surface area contributed by atoms with Crippen LogP contribution >= 0.6 is 11.3 Å². The lowest BCUT2D eigenvalue weighted by molar-refractivity contribution is 0.140. The molecule has 1 saturated carbocycles. The molecule has 7 nitrogen and oxygen atoms in total. The number of aliphatic hydroxyl groups excluding tert-OH is 1. The summed E-state index contributed by atoms with van der Waals surface area (Å²) in [6.07, 6.45) is 8.22. The summed E-state index contributed by atoms with van der Waals surface area (Å²) in [6, 6.07) is -0.238. The van der Waals surface area contributed by atoms with Crippen LogP contribution in [0, 0.1) is 13.8 Å². The number of ether oxygens (including phenoxy) is 1. The number of aryl methyl sites for hydroxylation is 3. The fourth-order valence-electron chi connectivity index (χ4n) is 3.26. The molecule has 0 bridgehead atoms. The minimum absolute atomic E-state index is 0.238. The Hall–Kier alpha value is -2.19. The SMILES string of the molecule is CCCCc1noc(C)c1/C=C/c1nc(C)c(OC(=O)N[C@H]2CCC[C@@H]2O)s1. The minimum Gasteiger partial charge on any atom is -0.397 e. The second-order valence-corrected chi connectivity index (χ2v) is 8.09. The van der Waals surface area contributed by atoms with Gasteiger partial charge in [-0.25, -0.2) is 9.78 Å². The molecular formula is C20H27N3O4S. The van der Waals surface area contributed by atoms with Crippen molar-refractivity contribution in [1.82, 2.24) is 15.5 Å². The van der Waals surface area contributed by atoms with Crippen molar-refractivity contribution in [3.8, 4) is 5.06 Å². The van der Waals surface area contributed by atoms with E-state index in [4.69, 9.17) is 9.26 Å². The highest BCUT2D eigenvalue weighted by atomic mass is 32.1. The number of aliphatic hydroxyl groups is 1. The van der Waals surface area contributed by atoms with Crippen LogP contribution in [0.15, 0.2) is 4.52 Å². The van der Waals surface area contributed by atoms with Gasteiger partial charge in [-0.1, -0.05) is 29.8 Å². The highest BCUT2D eigenvalue weighted by Gasteiger charge is 2.27. The smallest absolute Gasteiger partial charge is 0.397 e. The van der Waals surface area contributed by atoms with E-state index in [1.807, 2.05) is 19.1 Å². The van der Waals surface area contributed by atoms with E-state index in [0.717, 1.165) is 54.1 Å². The molecule has 0 unspecified atom stereocenters. The average Bonchev–Trinajstić information content (AvgIpc) is 3.32. The molecular weight excluding hydrogens is 378 g/mol. The van der Waals surface area contributed by atoms with E-state index in [0.29, 0.717) is 17.2 Å². The van der Waals surface area contributed by atoms with Gasteiger partial charge in [0.05, 0.1) is 23.5 Å². The molecule has 0 aliphatic heterocycles. The maximum atomic E-state index is 12.1. The van der Waals surface area contributed by atoms with Crippen LogP contribution in [0.5, 0.6) is 5.06 Å². The van der Waals surface area contributed by atoms with Crippen molar-refractivity contribution in [1.29, 1.82) is 0 Å². The zero-order chi connectivity index (χ0) is 20.1. The molecule has 1 aliphatic carbocycles. The minimum atomic E-state index is -0.551. The molecule has 0 aromatic carbocycles. The van der Waals surface area contributed by atoms with E-state index >= 15 is 0 Å². The number of aromatic nitrogens is 2. The molecule has 0 saturated heterocycles. The zero-order valence-electron chi connectivity index (χ0n) is 16.5. The Morgan fingerprint density at radius 3 is 2.93 bits per heavy atom. The van der Waals surface area contributed by atoms with Crippen molar-refractivity contribution in [2.24, 2.45) is 0 Å². The number of nitrogens with one attached hydrogen (secondary N) is 1. The monoisotopic (exact) mass is 405 g/mol. The number of nitrogens with zero attached hydrogens (tertiary/aromatic N) is 2. The maximum absolute atomic E-state index is 12.1. The van der Waals surface area contributed by atoms with Crippen molar-refractivity contribution in [3.05, 3.63) is 27.7 Å². The summed E-state index contributed by atoms with van der Waals surface area (Å²) in [5.74, 6) is 0.779. The van der Waals surface area contributed by atoms with Crippen molar-refractivity contribution in [2.75, 3.05) is 0 Å². The molecule has 2 aromatic heterocycles. The van der Waals surface area contributed by atoms with Gasteiger partial charge >= 0.3 is 6.09 Å².